The number of methoxy groups -OCH3 is 1. The lowest BCUT2D eigenvalue weighted by atomic mass is 10.0. The SMILES string of the molecule is COc1cc(/C=C2\SC(=O)N(Cc3cc4c(cc3Cl)OCO4)C2=O)ccc1OCC(=O)Nc1ccccc1C(C)C. The molecular formula is C30H27ClN2O7S. The number of carbonyl (C=O) groups excluding carboxylic acids is 3. The molecule has 0 unspecified atom stereocenters. The molecule has 2 heterocycles. The van der Waals surface area contributed by atoms with E-state index in [9.17, 15) is 14.4 Å². The van der Waals surface area contributed by atoms with Gasteiger partial charge in [-0.2, -0.15) is 0 Å². The minimum Gasteiger partial charge on any atom is -0.493 e. The first kappa shape index (κ1) is 28.4. The Kier molecular flexibility index (Phi) is 8.41. The smallest absolute Gasteiger partial charge is 0.293 e. The van der Waals surface area contributed by atoms with E-state index in [1.165, 1.54) is 7.11 Å². The second kappa shape index (κ2) is 12.2. The summed E-state index contributed by atoms with van der Waals surface area (Å²) >= 11 is 7.18. The summed E-state index contributed by atoms with van der Waals surface area (Å²) in [5.41, 5.74) is 2.97. The largest absolute Gasteiger partial charge is 0.493 e. The average Bonchev–Trinajstić information content (AvgIpc) is 3.51. The number of hydrogen-bond donors (Lipinski definition) is 1. The van der Waals surface area contributed by atoms with Gasteiger partial charge in [0.15, 0.2) is 29.6 Å². The highest BCUT2D eigenvalue weighted by atomic mass is 35.5. The number of amides is 3. The van der Waals surface area contributed by atoms with E-state index in [1.807, 2.05) is 24.3 Å². The Balaban J connectivity index is 1.25. The fourth-order valence-corrected chi connectivity index (χ4v) is 5.43. The van der Waals surface area contributed by atoms with Gasteiger partial charge in [0.05, 0.1) is 18.6 Å². The van der Waals surface area contributed by atoms with Crippen molar-refractivity contribution in [3.63, 3.8) is 0 Å². The summed E-state index contributed by atoms with van der Waals surface area (Å²) in [6.45, 7) is 3.99. The average molecular weight is 595 g/mol. The van der Waals surface area contributed by atoms with Crippen LogP contribution in [-0.4, -0.2) is 42.5 Å². The number of para-hydroxylation sites is 1. The van der Waals surface area contributed by atoms with Gasteiger partial charge < -0.3 is 24.3 Å². The molecule has 3 aromatic carbocycles. The lowest BCUT2D eigenvalue weighted by Gasteiger charge is -2.15. The molecule has 3 aromatic rings. The van der Waals surface area contributed by atoms with Crippen LogP contribution in [0.3, 0.4) is 0 Å². The number of thioether (sulfide) groups is 1. The molecule has 9 nitrogen and oxygen atoms in total. The summed E-state index contributed by atoms with van der Waals surface area (Å²) < 4.78 is 21.9. The number of fused-ring (bicyclic) bond motifs is 1. The number of nitrogens with zero attached hydrogens (tertiary/aromatic N) is 1. The zero-order chi connectivity index (χ0) is 29.1. The summed E-state index contributed by atoms with van der Waals surface area (Å²) in [7, 11) is 1.48. The monoisotopic (exact) mass is 594 g/mol. The summed E-state index contributed by atoms with van der Waals surface area (Å²) in [5, 5.41) is 2.85. The van der Waals surface area contributed by atoms with Gasteiger partial charge in [-0.05, 0) is 64.7 Å². The molecule has 0 saturated carbocycles. The van der Waals surface area contributed by atoms with Gasteiger partial charge in [-0.1, -0.05) is 49.7 Å². The van der Waals surface area contributed by atoms with Crippen molar-refractivity contribution >= 4 is 52.2 Å². The molecule has 0 bridgehead atoms. The van der Waals surface area contributed by atoms with E-state index in [2.05, 4.69) is 19.2 Å². The molecule has 41 heavy (non-hydrogen) atoms. The highest BCUT2D eigenvalue weighted by Gasteiger charge is 2.36. The third-order valence-corrected chi connectivity index (χ3v) is 7.70. The second-order valence-electron chi connectivity index (χ2n) is 9.55. The highest BCUT2D eigenvalue weighted by Crippen LogP contribution is 2.40. The van der Waals surface area contributed by atoms with Crippen molar-refractivity contribution < 1.29 is 33.3 Å². The van der Waals surface area contributed by atoms with E-state index >= 15 is 0 Å². The van der Waals surface area contributed by atoms with Crippen molar-refractivity contribution in [3.05, 3.63) is 81.2 Å². The summed E-state index contributed by atoms with van der Waals surface area (Å²) in [4.78, 5) is 39.8. The molecule has 0 aliphatic carbocycles. The molecule has 1 fully saturated rings. The molecule has 1 saturated heterocycles. The van der Waals surface area contributed by atoms with Gasteiger partial charge in [0.25, 0.3) is 17.1 Å². The zero-order valence-corrected chi connectivity index (χ0v) is 24.1. The van der Waals surface area contributed by atoms with Crippen LogP contribution in [0.1, 0.15) is 36.5 Å². The van der Waals surface area contributed by atoms with E-state index in [0.717, 1.165) is 27.9 Å². The number of hydrogen-bond acceptors (Lipinski definition) is 8. The third-order valence-electron chi connectivity index (χ3n) is 6.44. The van der Waals surface area contributed by atoms with Crippen LogP contribution >= 0.6 is 23.4 Å². The topological polar surface area (TPSA) is 103 Å². The predicted molar refractivity (Wildman–Crippen MR) is 157 cm³/mol. The number of imide groups is 1. The van der Waals surface area contributed by atoms with Crippen LogP contribution in [0.15, 0.2) is 59.5 Å². The van der Waals surface area contributed by atoms with E-state index < -0.39 is 11.1 Å². The molecule has 5 rings (SSSR count). The van der Waals surface area contributed by atoms with Crippen molar-refractivity contribution in [1.29, 1.82) is 0 Å². The molecule has 0 atom stereocenters. The molecule has 1 N–H and O–H groups in total. The number of nitrogens with one attached hydrogen (secondary N) is 1. The van der Waals surface area contributed by atoms with E-state index in [4.69, 9.17) is 30.5 Å². The molecule has 2 aliphatic heterocycles. The summed E-state index contributed by atoms with van der Waals surface area (Å²) in [5.74, 6) is 1.28. The first-order valence-electron chi connectivity index (χ1n) is 12.8. The van der Waals surface area contributed by atoms with Crippen LogP contribution in [0, 0.1) is 0 Å². The van der Waals surface area contributed by atoms with E-state index in [0.29, 0.717) is 39.1 Å². The molecule has 0 spiro atoms. The van der Waals surface area contributed by atoms with Crippen molar-refractivity contribution in [2.75, 3.05) is 25.8 Å². The maximum Gasteiger partial charge on any atom is 0.293 e. The Bertz CT molecular complexity index is 1560. The lowest BCUT2D eigenvalue weighted by Crippen LogP contribution is -2.27. The van der Waals surface area contributed by atoms with Crippen LogP contribution in [0.5, 0.6) is 23.0 Å². The Morgan fingerprint density at radius 1 is 1.10 bits per heavy atom. The number of halogens is 1. The highest BCUT2D eigenvalue weighted by molar-refractivity contribution is 8.18. The van der Waals surface area contributed by atoms with Gasteiger partial charge in [-0.3, -0.25) is 19.3 Å². The molecule has 0 aromatic heterocycles. The lowest BCUT2D eigenvalue weighted by molar-refractivity contribution is -0.123. The van der Waals surface area contributed by atoms with Crippen LogP contribution in [0.2, 0.25) is 5.02 Å². The van der Waals surface area contributed by atoms with Crippen LogP contribution in [0.4, 0.5) is 10.5 Å². The molecule has 212 valence electrons. The first-order chi connectivity index (χ1) is 19.7. The van der Waals surface area contributed by atoms with E-state index in [-0.39, 0.29) is 36.7 Å². The van der Waals surface area contributed by atoms with Crippen LogP contribution < -0.4 is 24.3 Å². The van der Waals surface area contributed by atoms with Crippen molar-refractivity contribution in [1.82, 2.24) is 4.90 Å². The number of benzene rings is 3. The second-order valence-corrected chi connectivity index (χ2v) is 11.0. The Labute approximate surface area is 246 Å². The predicted octanol–water partition coefficient (Wildman–Crippen LogP) is 6.45. The van der Waals surface area contributed by atoms with Gasteiger partial charge in [-0.25, -0.2) is 0 Å². The standard InChI is InChI=1S/C30H27ClN2O7S/c1-17(2)20-6-4-5-7-22(20)32-28(34)15-38-23-9-8-18(10-24(23)37-3)11-27-29(35)33(30(36)41-27)14-19-12-25-26(13-21(19)31)40-16-39-25/h4-13,17H,14-16H2,1-3H3,(H,32,34)/b27-11-. The van der Waals surface area contributed by atoms with Crippen LogP contribution in [-0.2, 0) is 16.1 Å². The minimum atomic E-state index is -0.439. The summed E-state index contributed by atoms with van der Waals surface area (Å²) in [6.07, 6.45) is 1.61. The fraction of sp³-hybridized carbons (Fsp3) is 0.233. The van der Waals surface area contributed by atoms with Crippen molar-refractivity contribution in [2.24, 2.45) is 0 Å². The maximum absolute atomic E-state index is 13.1. The zero-order valence-electron chi connectivity index (χ0n) is 22.6. The molecule has 11 heteroatoms. The van der Waals surface area contributed by atoms with Crippen molar-refractivity contribution in [3.8, 4) is 23.0 Å². The molecule has 0 radical (unpaired) electrons. The number of anilines is 1. The number of ether oxygens (including phenoxy) is 4. The maximum atomic E-state index is 13.1. The van der Waals surface area contributed by atoms with Gasteiger partial charge in [-0.15, -0.1) is 0 Å². The molecular weight excluding hydrogens is 568 g/mol. The first-order valence-corrected chi connectivity index (χ1v) is 14.0. The molecule has 3 amide bonds. The van der Waals surface area contributed by atoms with Gasteiger partial charge in [0.1, 0.15) is 0 Å². The third kappa shape index (κ3) is 6.28. The molecule has 2 aliphatic rings. The van der Waals surface area contributed by atoms with Gasteiger partial charge >= 0.3 is 0 Å². The Morgan fingerprint density at radius 3 is 2.61 bits per heavy atom. The van der Waals surface area contributed by atoms with E-state index in [1.54, 1.807) is 36.4 Å². The van der Waals surface area contributed by atoms with Gasteiger partial charge in [0, 0.05) is 16.8 Å². The van der Waals surface area contributed by atoms with Gasteiger partial charge in [0.2, 0.25) is 6.79 Å². The van der Waals surface area contributed by atoms with Crippen LogP contribution in [0.25, 0.3) is 6.08 Å². The Morgan fingerprint density at radius 2 is 1.85 bits per heavy atom. The normalized spacial score (nSPS) is 15.1. The summed E-state index contributed by atoms with van der Waals surface area (Å²) in [6, 6.07) is 15.9. The van der Waals surface area contributed by atoms with Crippen molar-refractivity contribution in [2.45, 2.75) is 26.3 Å². The minimum absolute atomic E-state index is 0.00269. The quantitative estimate of drug-likeness (QED) is 0.282. The number of rotatable bonds is 9. The number of carbonyl (C=O) groups is 3. The fourth-order valence-electron chi connectivity index (χ4n) is 4.38. The Hall–Kier alpha value is -4.15.